The van der Waals surface area contributed by atoms with Crippen molar-refractivity contribution in [3.63, 3.8) is 0 Å². The van der Waals surface area contributed by atoms with Crippen molar-refractivity contribution in [1.82, 2.24) is 5.32 Å². The number of benzene rings is 1. The van der Waals surface area contributed by atoms with Gasteiger partial charge in [0.25, 0.3) is 5.91 Å². The van der Waals surface area contributed by atoms with Crippen molar-refractivity contribution < 1.29 is 6.22 Å². The summed E-state index contributed by atoms with van der Waals surface area (Å²) in [5.41, 5.74) is 2.68. The fourth-order valence-corrected chi connectivity index (χ4v) is 1.42. The van der Waals surface area contributed by atoms with Crippen molar-refractivity contribution >= 4 is 5.91 Å². The van der Waals surface area contributed by atoms with E-state index in [4.69, 9.17) is 0 Å². The van der Waals surface area contributed by atoms with Gasteiger partial charge in [0.15, 0.2) is 0 Å². The van der Waals surface area contributed by atoms with Crippen LogP contribution in [0.2, 0.25) is 0 Å². The Labute approximate surface area is 118 Å². The molecule has 0 fully saturated rings. The molecule has 0 radical (unpaired) electrons. The summed E-state index contributed by atoms with van der Waals surface area (Å²) in [5.74, 6) is -0.0782. The van der Waals surface area contributed by atoms with Crippen LogP contribution in [0.25, 0.3) is 0 Å². The zero-order valence-electron chi connectivity index (χ0n) is 12.1. The SMILES string of the molecule is C=C/C=C(\C=C)CNC(=O)c1cccc(C)c1.CC.[HH]. The molecule has 0 aliphatic carbocycles. The van der Waals surface area contributed by atoms with E-state index in [2.05, 4.69) is 18.5 Å². The predicted molar refractivity (Wildman–Crippen MR) is 85.5 cm³/mol. The molecule has 2 heteroatoms. The highest BCUT2D eigenvalue weighted by atomic mass is 16.1. The van der Waals surface area contributed by atoms with Gasteiger partial charge in [0.2, 0.25) is 0 Å². The molecular formula is C17H25NO. The predicted octanol–water partition coefficient (Wildman–Crippen LogP) is 4.30. The molecule has 0 aliphatic rings. The van der Waals surface area contributed by atoms with E-state index in [1.165, 1.54) is 0 Å². The van der Waals surface area contributed by atoms with Gasteiger partial charge in [0.1, 0.15) is 0 Å². The zero-order valence-corrected chi connectivity index (χ0v) is 12.1. The first kappa shape index (κ1) is 16.9. The molecule has 19 heavy (non-hydrogen) atoms. The summed E-state index contributed by atoms with van der Waals surface area (Å²) in [5, 5.41) is 2.84. The smallest absolute Gasteiger partial charge is 0.251 e. The van der Waals surface area contributed by atoms with E-state index in [1.54, 1.807) is 18.2 Å². The quantitative estimate of drug-likeness (QED) is 0.785. The van der Waals surface area contributed by atoms with E-state index >= 15 is 0 Å². The van der Waals surface area contributed by atoms with Crippen LogP contribution in [-0.4, -0.2) is 12.5 Å². The Hall–Kier alpha value is -2.09. The van der Waals surface area contributed by atoms with Crippen molar-refractivity contribution in [3.05, 3.63) is 72.4 Å². The lowest BCUT2D eigenvalue weighted by Gasteiger charge is -2.06. The maximum absolute atomic E-state index is 11.8. The van der Waals surface area contributed by atoms with Gasteiger partial charge in [-0.05, 0) is 24.6 Å². The van der Waals surface area contributed by atoms with Crippen LogP contribution < -0.4 is 5.32 Å². The Bertz CT molecular complexity index is 464. The topological polar surface area (TPSA) is 29.1 Å². The minimum Gasteiger partial charge on any atom is -0.348 e. The third kappa shape index (κ3) is 6.41. The van der Waals surface area contributed by atoms with Crippen molar-refractivity contribution in [1.29, 1.82) is 0 Å². The van der Waals surface area contributed by atoms with E-state index in [1.807, 2.05) is 45.0 Å². The third-order valence-corrected chi connectivity index (χ3v) is 2.33. The summed E-state index contributed by atoms with van der Waals surface area (Å²) in [6, 6.07) is 7.50. The average molecular weight is 259 g/mol. The number of carbonyl (C=O) groups excluding carboxylic acids is 1. The number of hydrogen-bond donors (Lipinski definition) is 1. The summed E-state index contributed by atoms with van der Waals surface area (Å²) in [6.45, 7) is 13.7. The largest absolute Gasteiger partial charge is 0.348 e. The van der Waals surface area contributed by atoms with E-state index < -0.39 is 0 Å². The van der Waals surface area contributed by atoms with Gasteiger partial charge in [0.05, 0.1) is 0 Å². The van der Waals surface area contributed by atoms with Crippen LogP contribution in [0.4, 0.5) is 0 Å². The van der Waals surface area contributed by atoms with E-state index in [9.17, 15) is 4.79 Å². The van der Waals surface area contributed by atoms with Gasteiger partial charge < -0.3 is 5.32 Å². The van der Waals surface area contributed by atoms with Crippen LogP contribution in [0.15, 0.2) is 61.2 Å². The molecule has 0 unspecified atom stereocenters. The molecule has 1 aromatic rings. The molecule has 1 aromatic carbocycles. The Kier molecular flexibility index (Phi) is 8.80. The van der Waals surface area contributed by atoms with Gasteiger partial charge in [-0.2, -0.15) is 0 Å². The number of carbonyl (C=O) groups is 1. The Morgan fingerprint density at radius 1 is 1.37 bits per heavy atom. The number of hydrogen-bond acceptors (Lipinski definition) is 1. The maximum Gasteiger partial charge on any atom is 0.251 e. The monoisotopic (exact) mass is 259 g/mol. The van der Waals surface area contributed by atoms with E-state index in [0.29, 0.717) is 12.1 Å². The van der Waals surface area contributed by atoms with Crippen LogP contribution in [0.1, 0.15) is 31.2 Å². The Morgan fingerprint density at radius 2 is 2.05 bits per heavy atom. The second kappa shape index (κ2) is 9.89. The molecule has 1 rings (SSSR count). The summed E-state index contributed by atoms with van der Waals surface area (Å²) in [6.07, 6.45) is 5.21. The van der Waals surface area contributed by atoms with Crippen molar-refractivity contribution in [2.45, 2.75) is 20.8 Å². The lowest BCUT2D eigenvalue weighted by Crippen LogP contribution is -2.25. The van der Waals surface area contributed by atoms with Gasteiger partial charge in [-0.3, -0.25) is 4.79 Å². The average Bonchev–Trinajstić information content (AvgIpc) is 2.45. The molecule has 0 bridgehead atoms. The lowest BCUT2D eigenvalue weighted by molar-refractivity contribution is 0.0957. The molecule has 2 nitrogen and oxygen atoms in total. The van der Waals surface area contributed by atoms with Gasteiger partial charge in [-0.1, -0.05) is 62.9 Å². The maximum atomic E-state index is 11.8. The number of nitrogens with one attached hydrogen (secondary N) is 1. The van der Waals surface area contributed by atoms with Crippen molar-refractivity contribution in [2.75, 3.05) is 6.54 Å². The van der Waals surface area contributed by atoms with Gasteiger partial charge in [-0.25, -0.2) is 0 Å². The molecule has 1 amide bonds. The van der Waals surface area contributed by atoms with Gasteiger partial charge >= 0.3 is 0 Å². The van der Waals surface area contributed by atoms with Gasteiger partial charge in [0, 0.05) is 13.5 Å². The highest BCUT2D eigenvalue weighted by Crippen LogP contribution is 2.04. The van der Waals surface area contributed by atoms with Gasteiger partial charge in [-0.15, -0.1) is 0 Å². The summed E-state index contributed by atoms with van der Waals surface area (Å²) in [4.78, 5) is 11.8. The molecule has 0 saturated heterocycles. The fraction of sp³-hybridized carbons (Fsp3) is 0.235. The summed E-state index contributed by atoms with van der Waals surface area (Å²) < 4.78 is 0. The Morgan fingerprint density at radius 3 is 2.58 bits per heavy atom. The number of allylic oxidation sites excluding steroid dienone is 2. The molecule has 104 valence electrons. The highest BCUT2D eigenvalue weighted by Gasteiger charge is 2.04. The van der Waals surface area contributed by atoms with Crippen LogP contribution in [0.5, 0.6) is 0 Å². The molecule has 0 saturated carbocycles. The van der Waals surface area contributed by atoms with E-state index in [-0.39, 0.29) is 7.33 Å². The molecule has 1 N–H and O–H groups in total. The molecule has 0 heterocycles. The minimum absolute atomic E-state index is 0. The third-order valence-electron chi connectivity index (χ3n) is 2.33. The second-order valence-corrected chi connectivity index (χ2v) is 3.73. The lowest BCUT2D eigenvalue weighted by atomic mass is 10.1. The van der Waals surface area contributed by atoms with Crippen LogP contribution >= 0.6 is 0 Å². The van der Waals surface area contributed by atoms with E-state index in [0.717, 1.165) is 11.1 Å². The van der Waals surface area contributed by atoms with Crippen LogP contribution in [0.3, 0.4) is 0 Å². The zero-order chi connectivity index (χ0) is 14.7. The fourth-order valence-electron chi connectivity index (χ4n) is 1.42. The molecule has 0 aliphatic heterocycles. The number of rotatable bonds is 5. The standard InChI is InChI=1S/C15H17NO.C2H6.H2/c1-4-7-13(5-2)11-16-15(17)14-9-6-8-12(3)10-14;1-2;/h4-10H,1-2,11H2,3H3,(H,16,17);1-2H3;1H/b13-7+;;. The number of amides is 1. The Balaban J connectivity index is 0. The molecule has 0 atom stereocenters. The molecule has 0 spiro atoms. The first-order chi connectivity index (χ1) is 9.17. The first-order valence-corrected chi connectivity index (χ1v) is 6.46. The second-order valence-electron chi connectivity index (χ2n) is 3.73. The van der Waals surface area contributed by atoms with Crippen LogP contribution in [-0.2, 0) is 0 Å². The highest BCUT2D eigenvalue weighted by molar-refractivity contribution is 5.94. The normalized spacial score (nSPS) is 9.95. The van der Waals surface area contributed by atoms with Crippen LogP contribution in [0, 0.1) is 6.92 Å². The summed E-state index contributed by atoms with van der Waals surface area (Å²) >= 11 is 0. The van der Waals surface area contributed by atoms with Crippen molar-refractivity contribution in [3.8, 4) is 0 Å². The summed E-state index contributed by atoms with van der Waals surface area (Å²) in [7, 11) is 0. The first-order valence-electron chi connectivity index (χ1n) is 6.46. The number of aryl methyl sites for hydroxylation is 1. The molecular weight excluding hydrogens is 234 g/mol. The van der Waals surface area contributed by atoms with Crippen molar-refractivity contribution in [2.24, 2.45) is 0 Å². The molecule has 0 aromatic heterocycles. The minimum atomic E-state index is -0.0782.